The van der Waals surface area contributed by atoms with Crippen molar-refractivity contribution in [1.82, 2.24) is 0 Å². The number of hydrogen-bond acceptors (Lipinski definition) is 1. The van der Waals surface area contributed by atoms with Crippen molar-refractivity contribution in [3.63, 3.8) is 0 Å². The van der Waals surface area contributed by atoms with Crippen LogP contribution in [0.25, 0.3) is 43.8 Å². The summed E-state index contributed by atoms with van der Waals surface area (Å²) < 4.78 is 0. The zero-order valence-electron chi connectivity index (χ0n) is 21.5. The van der Waals surface area contributed by atoms with Gasteiger partial charge in [-0.25, -0.2) is 0 Å². The molecule has 0 spiro atoms. The Morgan fingerprint density at radius 3 is 1.49 bits per heavy atom. The minimum atomic E-state index is 1.13. The molecule has 0 heterocycles. The summed E-state index contributed by atoms with van der Waals surface area (Å²) in [5.41, 5.74) is 8.35. The van der Waals surface area contributed by atoms with Gasteiger partial charge >= 0.3 is 0 Å². The molecular weight excluding hydrogens is 470 g/mol. The second-order valence-corrected chi connectivity index (χ2v) is 9.83. The van der Waals surface area contributed by atoms with Gasteiger partial charge in [-0.3, -0.25) is 0 Å². The highest BCUT2D eigenvalue weighted by molar-refractivity contribution is 6.00. The molecule has 0 radical (unpaired) electrons. The van der Waals surface area contributed by atoms with Crippen LogP contribution in [-0.4, -0.2) is 0 Å². The van der Waals surface area contributed by atoms with Crippen molar-refractivity contribution in [2.24, 2.45) is 0 Å². The lowest BCUT2D eigenvalue weighted by Crippen LogP contribution is -2.10. The van der Waals surface area contributed by atoms with E-state index in [2.05, 4.69) is 169 Å². The van der Waals surface area contributed by atoms with Gasteiger partial charge in [0.15, 0.2) is 0 Å². The van der Waals surface area contributed by atoms with Crippen molar-refractivity contribution in [2.75, 3.05) is 4.90 Å². The molecule has 0 fully saturated rings. The van der Waals surface area contributed by atoms with Crippen LogP contribution in [0.5, 0.6) is 0 Å². The Balaban J connectivity index is 1.38. The molecule has 0 unspecified atom stereocenters. The Morgan fingerprint density at radius 2 is 0.821 bits per heavy atom. The highest BCUT2D eigenvalue weighted by Crippen LogP contribution is 2.41. The SMILES string of the molecule is c1ccc(-c2cc3ccccc3cc2-c2ccc(N(c3ccccc3)c3cccc4ccccc34)cc2)cc1. The topological polar surface area (TPSA) is 3.24 Å². The highest BCUT2D eigenvalue weighted by atomic mass is 15.1. The maximum Gasteiger partial charge on any atom is 0.0540 e. The standard InChI is InChI=1S/C38H27N/c1-3-12-29(13-4-1)36-26-31-15-7-8-16-32(31)27-37(36)30-22-24-34(25-23-30)39(33-18-5-2-6-19-33)38-21-11-17-28-14-9-10-20-35(28)38/h1-27H. The molecule has 0 aromatic heterocycles. The molecule has 0 amide bonds. The van der Waals surface area contributed by atoms with Crippen molar-refractivity contribution in [2.45, 2.75) is 0 Å². The van der Waals surface area contributed by atoms with Crippen LogP contribution in [0.1, 0.15) is 0 Å². The van der Waals surface area contributed by atoms with E-state index in [0.29, 0.717) is 0 Å². The van der Waals surface area contributed by atoms with Gasteiger partial charge < -0.3 is 4.90 Å². The lowest BCUT2D eigenvalue weighted by molar-refractivity contribution is 1.30. The van der Waals surface area contributed by atoms with Crippen LogP contribution < -0.4 is 4.90 Å². The summed E-state index contributed by atoms with van der Waals surface area (Å²) in [6, 6.07) is 58.7. The van der Waals surface area contributed by atoms with Gasteiger partial charge in [-0.1, -0.05) is 121 Å². The molecule has 0 N–H and O–H groups in total. The van der Waals surface area contributed by atoms with Crippen LogP contribution in [0.3, 0.4) is 0 Å². The molecule has 1 nitrogen and oxygen atoms in total. The normalized spacial score (nSPS) is 11.1. The first-order chi connectivity index (χ1) is 19.3. The molecule has 39 heavy (non-hydrogen) atoms. The van der Waals surface area contributed by atoms with E-state index in [1.54, 1.807) is 0 Å². The van der Waals surface area contributed by atoms with E-state index >= 15 is 0 Å². The van der Waals surface area contributed by atoms with E-state index in [0.717, 1.165) is 11.4 Å². The average molecular weight is 498 g/mol. The lowest BCUT2D eigenvalue weighted by atomic mass is 9.91. The summed E-state index contributed by atoms with van der Waals surface area (Å²) in [4.78, 5) is 2.35. The van der Waals surface area contributed by atoms with E-state index in [1.807, 2.05) is 0 Å². The zero-order chi connectivity index (χ0) is 26.0. The second-order valence-electron chi connectivity index (χ2n) is 9.83. The summed E-state index contributed by atoms with van der Waals surface area (Å²) in [5, 5.41) is 4.96. The summed E-state index contributed by atoms with van der Waals surface area (Å²) in [7, 11) is 0. The molecule has 0 aliphatic heterocycles. The second kappa shape index (κ2) is 9.96. The zero-order valence-corrected chi connectivity index (χ0v) is 21.5. The van der Waals surface area contributed by atoms with E-state index < -0.39 is 0 Å². The molecule has 0 saturated heterocycles. The molecule has 7 aromatic carbocycles. The minimum absolute atomic E-state index is 1.13. The molecule has 0 bridgehead atoms. The molecule has 0 atom stereocenters. The van der Waals surface area contributed by atoms with Gasteiger partial charge in [0.1, 0.15) is 0 Å². The predicted octanol–water partition coefficient (Wildman–Crippen LogP) is 10.8. The molecule has 7 rings (SSSR count). The maximum atomic E-state index is 2.35. The summed E-state index contributed by atoms with van der Waals surface area (Å²) in [6.07, 6.45) is 0. The first-order valence-corrected chi connectivity index (χ1v) is 13.4. The third kappa shape index (κ3) is 4.35. The fraction of sp³-hybridized carbons (Fsp3) is 0. The smallest absolute Gasteiger partial charge is 0.0540 e. The van der Waals surface area contributed by atoms with Gasteiger partial charge in [0.05, 0.1) is 5.69 Å². The van der Waals surface area contributed by atoms with Crippen LogP contribution in [0.4, 0.5) is 17.1 Å². The van der Waals surface area contributed by atoms with Crippen molar-refractivity contribution in [1.29, 1.82) is 0 Å². The first kappa shape index (κ1) is 23.0. The quantitative estimate of drug-likeness (QED) is 0.229. The summed E-state index contributed by atoms with van der Waals surface area (Å²) >= 11 is 0. The van der Waals surface area contributed by atoms with E-state index in [9.17, 15) is 0 Å². The Bertz CT molecular complexity index is 1880. The van der Waals surface area contributed by atoms with Gasteiger partial charge in [0.25, 0.3) is 0 Å². The van der Waals surface area contributed by atoms with Crippen LogP contribution in [-0.2, 0) is 0 Å². The number of anilines is 3. The number of fused-ring (bicyclic) bond motifs is 2. The maximum absolute atomic E-state index is 2.35. The van der Waals surface area contributed by atoms with Crippen molar-refractivity contribution < 1.29 is 0 Å². The van der Waals surface area contributed by atoms with Gasteiger partial charge in [0.2, 0.25) is 0 Å². The first-order valence-electron chi connectivity index (χ1n) is 13.4. The number of benzene rings is 7. The van der Waals surface area contributed by atoms with Crippen LogP contribution in [0.2, 0.25) is 0 Å². The van der Waals surface area contributed by atoms with Gasteiger partial charge in [0, 0.05) is 16.8 Å². The average Bonchev–Trinajstić information content (AvgIpc) is 3.02. The Hall–Kier alpha value is -5.14. The summed E-state index contributed by atoms with van der Waals surface area (Å²) in [5.74, 6) is 0. The largest absolute Gasteiger partial charge is 0.310 e. The number of rotatable bonds is 5. The van der Waals surface area contributed by atoms with Gasteiger partial charge in [-0.15, -0.1) is 0 Å². The molecule has 1 heteroatoms. The number of nitrogens with zero attached hydrogens (tertiary/aromatic N) is 1. The molecule has 184 valence electrons. The lowest BCUT2D eigenvalue weighted by Gasteiger charge is -2.27. The molecule has 0 saturated carbocycles. The number of hydrogen-bond donors (Lipinski definition) is 0. The Kier molecular flexibility index (Phi) is 5.88. The third-order valence-electron chi connectivity index (χ3n) is 7.43. The van der Waals surface area contributed by atoms with Gasteiger partial charge in [-0.2, -0.15) is 0 Å². The van der Waals surface area contributed by atoms with E-state index in [4.69, 9.17) is 0 Å². The van der Waals surface area contributed by atoms with Crippen LogP contribution in [0, 0.1) is 0 Å². The van der Waals surface area contributed by atoms with Crippen molar-refractivity contribution in [3.8, 4) is 22.3 Å². The molecule has 0 aliphatic carbocycles. The fourth-order valence-corrected chi connectivity index (χ4v) is 5.53. The number of para-hydroxylation sites is 1. The Labute approximate surface area is 229 Å². The molecule has 7 aromatic rings. The van der Waals surface area contributed by atoms with E-state index in [-0.39, 0.29) is 0 Å². The minimum Gasteiger partial charge on any atom is -0.310 e. The van der Waals surface area contributed by atoms with Crippen LogP contribution >= 0.6 is 0 Å². The Morgan fingerprint density at radius 1 is 0.333 bits per heavy atom. The highest BCUT2D eigenvalue weighted by Gasteiger charge is 2.16. The van der Waals surface area contributed by atoms with Crippen molar-refractivity contribution in [3.05, 3.63) is 164 Å². The van der Waals surface area contributed by atoms with E-state index in [1.165, 1.54) is 49.5 Å². The molecular formula is C38H27N. The summed E-state index contributed by atoms with van der Waals surface area (Å²) in [6.45, 7) is 0. The van der Waals surface area contributed by atoms with Crippen LogP contribution in [0.15, 0.2) is 164 Å². The fourth-order valence-electron chi connectivity index (χ4n) is 5.53. The third-order valence-corrected chi connectivity index (χ3v) is 7.43. The predicted molar refractivity (Wildman–Crippen MR) is 167 cm³/mol. The van der Waals surface area contributed by atoms with Gasteiger partial charge in [-0.05, 0) is 80.9 Å². The monoisotopic (exact) mass is 497 g/mol. The molecule has 0 aliphatic rings. The van der Waals surface area contributed by atoms with Crippen molar-refractivity contribution >= 4 is 38.6 Å².